The van der Waals surface area contributed by atoms with Gasteiger partial charge in [0.15, 0.2) is 0 Å². The highest BCUT2D eigenvalue weighted by molar-refractivity contribution is 6.33. The molecule has 21 heavy (non-hydrogen) atoms. The minimum absolute atomic E-state index is 0.0742. The van der Waals surface area contributed by atoms with Crippen LogP contribution in [-0.2, 0) is 9.59 Å². The molecule has 0 spiro atoms. The molecule has 1 aromatic rings. The molecule has 0 fully saturated rings. The van der Waals surface area contributed by atoms with Crippen molar-refractivity contribution in [3.63, 3.8) is 0 Å². The molecule has 1 rings (SSSR count). The molecular weight excluding hydrogens is 296 g/mol. The molecule has 0 unspecified atom stereocenters. The van der Waals surface area contributed by atoms with Gasteiger partial charge in [-0.1, -0.05) is 37.6 Å². The van der Waals surface area contributed by atoms with Crippen LogP contribution >= 0.6 is 11.6 Å². The predicted octanol–water partition coefficient (Wildman–Crippen LogP) is 2.88. The van der Waals surface area contributed by atoms with Crippen LogP contribution in [0.4, 0.5) is 10.5 Å². The Kier molecular flexibility index (Phi) is 5.72. The zero-order valence-electron chi connectivity index (χ0n) is 11.8. The molecule has 0 atom stereocenters. The average Bonchev–Trinajstić information content (AvgIpc) is 2.28. The second-order valence-electron chi connectivity index (χ2n) is 5.39. The first-order valence-corrected chi connectivity index (χ1v) is 6.64. The Morgan fingerprint density at radius 1 is 1.19 bits per heavy atom. The Balaban J connectivity index is 2.53. The molecule has 3 amide bonds. The molecule has 0 bridgehead atoms. The smallest absolute Gasteiger partial charge is 0.325 e. The maximum absolute atomic E-state index is 11.7. The fourth-order valence-electron chi connectivity index (χ4n) is 1.79. The molecular formula is C14H17ClN2O4. The largest absolute Gasteiger partial charge is 0.481 e. The second-order valence-corrected chi connectivity index (χ2v) is 5.80. The highest BCUT2D eigenvalue weighted by atomic mass is 35.5. The Labute approximate surface area is 127 Å². The number of anilines is 1. The summed E-state index contributed by atoms with van der Waals surface area (Å²) in [6.07, 6.45) is -0.234. The molecule has 7 heteroatoms. The van der Waals surface area contributed by atoms with Gasteiger partial charge in [-0.15, -0.1) is 0 Å². The first-order chi connectivity index (χ1) is 9.69. The SMILES string of the molecule is CC(C)(CC(=O)O)CC(=O)NC(=O)Nc1ccccc1Cl. The quantitative estimate of drug-likeness (QED) is 0.779. The monoisotopic (exact) mass is 312 g/mol. The van der Waals surface area contributed by atoms with Crippen LogP contribution in [0.3, 0.4) is 0 Å². The van der Waals surface area contributed by atoms with Crippen molar-refractivity contribution in [1.82, 2.24) is 5.32 Å². The van der Waals surface area contributed by atoms with E-state index in [1.54, 1.807) is 38.1 Å². The number of halogens is 1. The van der Waals surface area contributed by atoms with Crippen LogP contribution in [0, 0.1) is 5.41 Å². The molecule has 0 aliphatic rings. The number of aliphatic carboxylic acids is 1. The summed E-state index contributed by atoms with van der Waals surface area (Å²) in [5.41, 5.74) is -0.352. The van der Waals surface area contributed by atoms with Gasteiger partial charge in [-0.2, -0.15) is 0 Å². The van der Waals surface area contributed by atoms with Gasteiger partial charge in [0.2, 0.25) is 5.91 Å². The third kappa shape index (κ3) is 6.27. The van der Waals surface area contributed by atoms with E-state index in [0.29, 0.717) is 10.7 Å². The van der Waals surface area contributed by atoms with Gasteiger partial charge in [0.05, 0.1) is 17.1 Å². The topological polar surface area (TPSA) is 95.5 Å². The molecule has 0 aromatic heterocycles. The van der Waals surface area contributed by atoms with Crippen molar-refractivity contribution in [1.29, 1.82) is 0 Å². The zero-order chi connectivity index (χ0) is 16.0. The van der Waals surface area contributed by atoms with Crippen LogP contribution in [0.5, 0.6) is 0 Å². The van der Waals surface area contributed by atoms with E-state index in [-0.39, 0.29) is 12.8 Å². The van der Waals surface area contributed by atoms with Crippen molar-refractivity contribution in [2.45, 2.75) is 26.7 Å². The number of carboxylic acid groups (broad SMARTS) is 1. The number of hydrogen-bond donors (Lipinski definition) is 3. The molecule has 0 aliphatic heterocycles. The Hall–Kier alpha value is -2.08. The first-order valence-electron chi connectivity index (χ1n) is 6.27. The summed E-state index contributed by atoms with van der Waals surface area (Å²) >= 11 is 5.88. The fourth-order valence-corrected chi connectivity index (χ4v) is 1.98. The highest BCUT2D eigenvalue weighted by Crippen LogP contribution is 2.25. The van der Waals surface area contributed by atoms with Crippen LogP contribution in [0.15, 0.2) is 24.3 Å². The second kappa shape index (κ2) is 7.08. The number of carboxylic acids is 1. The number of imide groups is 1. The van der Waals surface area contributed by atoms with Crippen molar-refractivity contribution in [3.8, 4) is 0 Å². The van der Waals surface area contributed by atoms with Gasteiger partial charge in [0.25, 0.3) is 0 Å². The number of rotatable bonds is 5. The van der Waals surface area contributed by atoms with Crippen molar-refractivity contribution < 1.29 is 19.5 Å². The van der Waals surface area contributed by atoms with Gasteiger partial charge >= 0.3 is 12.0 Å². The van der Waals surface area contributed by atoms with Crippen molar-refractivity contribution in [2.24, 2.45) is 5.41 Å². The van der Waals surface area contributed by atoms with Crippen molar-refractivity contribution in [2.75, 3.05) is 5.32 Å². The summed E-state index contributed by atoms with van der Waals surface area (Å²) in [6, 6.07) is 5.90. The Bertz CT molecular complexity index is 558. The van der Waals surface area contributed by atoms with E-state index in [0.717, 1.165) is 0 Å². The lowest BCUT2D eigenvalue weighted by molar-refractivity contribution is -0.139. The van der Waals surface area contributed by atoms with Crippen LogP contribution in [0.2, 0.25) is 5.02 Å². The third-order valence-corrected chi connectivity index (χ3v) is 2.97. The van der Waals surface area contributed by atoms with Crippen LogP contribution in [0.1, 0.15) is 26.7 Å². The summed E-state index contributed by atoms with van der Waals surface area (Å²) in [7, 11) is 0. The van der Waals surface area contributed by atoms with Gasteiger partial charge in [0.1, 0.15) is 0 Å². The van der Waals surface area contributed by atoms with Gasteiger partial charge in [0, 0.05) is 6.42 Å². The minimum Gasteiger partial charge on any atom is -0.481 e. The maximum Gasteiger partial charge on any atom is 0.325 e. The Morgan fingerprint density at radius 3 is 2.38 bits per heavy atom. The number of urea groups is 1. The summed E-state index contributed by atoms with van der Waals surface area (Å²) in [5, 5.41) is 13.7. The molecule has 6 nitrogen and oxygen atoms in total. The summed E-state index contributed by atoms with van der Waals surface area (Å²) in [5.74, 6) is -1.54. The highest BCUT2D eigenvalue weighted by Gasteiger charge is 2.26. The van der Waals surface area contributed by atoms with Crippen molar-refractivity contribution >= 4 is 35.2 Å². The summed E-state index contributed by atoms with van der Waals surface area (Å²) < 4.78 is 0. The number of carbonyl (C=O) groups excluding carboxylic acids is 2. The molecule has 0 saturated carbocycles. The molecule has 3 N–H and O–H groups in total. The zero-order valence-corrected chi connectivity index (χ0v) is 12.5. The maximum atomic E-state index is 11.7. The lowest BCUT2D eigenvalue weighted by atomic mass is 9.85. The third-order valence-electron chi connectivity index (χ3n) is 2.64. The van der Waals surface area contributed by atoms with E-state index in [4.69, 9.17) is 16.7 Å². The van der Waals surface area contributed by atoms with Gasteiger partial charge in [-0.3, -0.25) is 14.9 Å². The number of amides is 3. The van der Waals surface area contributed by atoms with Gasteiger partial charge in [-0.25, -0.2) is 4.79 Å². The van der Waals surface area contributed by atoms with E-state index < -0.39 is 23.3 Å². The summed E-state index contributed by atoms with van der Waals surface area (Å²) in [4.78, 5) is 34.1. The van der Waals surface area contributed by atoms with Gasteiger partial charge < -0.3 is 10.4 Å². The lowest BCUT2D eigenvalue weighted by Crippen LogP contribution is -2.37. The van der Waals surface area contributed by atoms with E-state index in [9.17, 15) is 14.4 Å². The molecule has 0 saturated heterocycles. The molecule has 0 aliphatic carbocycles. The number of nitrogens with one attached hydrogen (secondary N) is 2. The number of carbonyl (C=O) groups is 3. The standard InChI is InChI=1S/C14H17ClN2O4/c1-14(2,8-12(19)20)7-11(18)17-13(21)16-10-6-4-3-5-9(10)15/h3-6H,7-8H2,1-2H3,(H,19,20)(H2,16,17,18,21). The Morgan fingerprint density at radius 2 is 1.81 bits per heavy atom. The molecule has 114 valence electrons. The molecule has 1 aromatic carbocycles. The van der Waals surface area contributed by atoms with Crippen LogP contribution < -0.4 is 10.6 Å². The van der Waals surface area contributed by atoms with Crippen molar-refractivity contribution in [3.05, 3.63) is 29.3 Å². The molecule has 0 radical (unpaired) electrons. The first kappa shape index (κ1) is 17.0. The van der Waals surface area contributed by atoms with E-state index in [1.165, 1.54) is 0 Å². The van der Waals surface area contributed by atoms with E-state index in [1.807, 2.05) is 0 Å². The average molecular weight is 313 g/mol. The molecule has 0 heterocycles. The number of benzene rings is 1. The predicted molar refractivity (Wildman–Crippen MR) is 79.3 cm³/mol. The minimum atomic E-state index is -0.992. The van der Waals surface area contributed by atoms with Crippen LogP contribution in [-0.4, -0.2) is 23.0 Å². The lowest BCUT2D eigenvalue weighted by Gasteiger charge is -2.21. The number of para-hydroxylation sites is 1. The normalized spacial score (nSPS) is 10.8. The van der Waals surface area contributed by atoms with Crippen LogP contribution in [0.25, 0.3) is 0 Å². The summed E-state index contributed by atoms with van der Waals surface area (Å²) in [6.45, 7) is 3.29. The fraction of sp³-hybridized carbons (Fsp3) is 0.357. The number of hydrogen-bond acceptors (Lipinski definition) is 3. The van der Waals surface area contributed by atoms with E-state index in [2.05, 4.69) is 10.6 Å². The van der Waals surface area contributed by atoms with Gasteiger partial charge in [-0.05, 0) is 17.5 Å². The van der Waals surface area contributed by atoms with E-state index >= 15 is 0 Å².